The lowest BCUT2D eigenvalue weighted by Crippen LogP contribution is -2.46. The number of aliphatic hydroxyl groups is 2. The van der Waals surface area contributed by atoms with Crippen LogP contribution in [0.1, 0.15) is 77.3 Å². The van der Waals surface area contributed by atoms with E-state index < -0.39 is 66.8 Å². The molecule has 1 aromatic carbocycles. The monoisotopic (exact) mass is 561 g/mol. The second kappa shape index (κ2) is 9.44. The number of H-pyrrole nitrogens is 1. The van der Waals surface area contributed by atoms with Crippen molar-refractivity contribution in [3.05, 3.63) is 61.4 Å². The van der Waals surface area contributed by atoms with E-state index in [0.29, 0.717) is 17.3 Å². The van der Waals surface area contributed by atoms with Crippen molar-refractivity contribution in [2.24, 2.45) is 0 Å². The molecule has 11 nitrogen and oxygen atoms in total. The van der Waals surface area contributed by atoms with Crippen molar-refractivity contribution in [1.29, 1.82) is 0 Å². The standard InChI is InChI=1S/C24H31F2N2O9P/c1-22(2,3)13-9-14(23(4,5)6)19-12(18(13)26)11-34-38(33,36-19)37-24(31,32)16-7-8-17(35-16)28-10-15(25)20(29)27-21(28)30/h9-10,16-17,31-33H,7-8,11H2,1-6H3/p+1. The number of aromatic nitrogens is 2. The summed E-state index contributed by atoms with van der Waals surface area (Å²) in [6.45, 7) is 10.7. The van der Waals surface area contributed by atoms with Crippen LogP contribution >= 0.6 is 8.17 Å². The van der Waals surface area contributed by atoms with Crippen LogP contribution in [0.2, 0.25) is 0 Å². The highest BCUT2D eigenvalue weighted by Crippen LogP contribution is 2.65. The first-order valence-corrected chi connectivity index (χ1v) is 13.5. The molecule has 2 aliphatic rings. The Kier molecular flexibility index (Phi) is 7.14. The lowest BCUT2D eigenvalue weighted by atomic mass is 9.78. The van der Waals surface area contributed by atoms with Gasteiger partial charge in [-0.3, -0.25) is 18.9 Å². The number of rotatable bonds is 4. The Morgan fingerprint density at radius 3 is 2.32 bits per heavy atom. The molecule has 38 heavy (non-hydrogen) atoms. The van der Waals surface area contributed by atoms with Crippen LogP contribution in [0, 0.1) is 11.6 Å². The minimum absolute atomic E-state index is 0.0126. The largest absolute Gasteiger partial charge is 0.625 e. The quantitative estimate of drug-likeness (QED) is 0.326. The van der Waals surface area contributed by atoms with Gasteiger partial charge in [-0.25, -0.2) is 9.18 Å². The van der Waals surface area contributed by atoms with Crippen LogP contribution in [0.15, 0.2) is 21.9 Å². The SMILES string of the molecule is CC(C)(C)c1cc(C(C)(C)C)c2c(c1F)CO[P+](O)(OC(O)(O)C1CCC(n3cc(F)c(=O)[nH]c3=O)O1)O2. The Balaban J connectivity index is 1.60. The molecule has 14 heteroatoms. The third-order valence-corrected chi connectivity index (χ3v) is 7.77. The smallest absolute Gasteiger partial charge is 0.346 e. The molecule has 1 fully saturated rings. The molecule has 0 bridgehead atoms. The van der Waals surface area contributed by atoms with Gasteiger partial charge in [0.2, 0.25) is 5.82 Å². The number of aromatic amines is 1. The molecule has 0 saturated carbocycles. The summed E-state index contributed by atoms with van der Waals surface area (Å²) in [5.74, 6) is -4.98. The van der Waals surface area contributed by atoms with Crippen LogP contribution in [0.25, 0.3) is 0 Å². The first-order chi connectivity index (χ1) is 17.3. The van der Waals surface area contributed by atoms with Crippen LogP contribution in [0.5, 0.6) is 5.75 Å². The molecule has 0 radical (unpaired) electrons. The fourth-order valence-corrected chi connectivity index (χ4v) is 5.70. The minimum Gasteiger partial charge on any atom is -0.346 e. The topological polar surface area (TPSA) is 152 Å². The Hall–Kier alpha value is -2.25. The lowest BCUT2D eigenvalue weighted by Gasteiger charge is -2.33. The van der Waals surface area contributed by atoms with Crippen molar-refractivity contribution < 1.29 is 42.2 Å². The van der Waals surface area contributed by atoms with E-state index in [0.717, 1.165) is 4.57 Å². The van der Waals surface area contributed by atoms with Crippen LogP contribution in [0.3, 0.4) is 0 Å². The van der Waals surface area contributed by atoms with Crippen molar-refractivity contribution in [1.82, 2.24) is 9.55 Å². The van der Waals surface area contributed by atoms with Crippen molar-refractivity contribution in [3.63, 3.8) is 0 Å². The van der Waals surface area contributed by atoms with E-state index in [9.17, 15) is 29.1 Å². The van der Waals surface area contributed by atoms with Crippen molar-refractivity contribution >= 4 is 8.17 Å². The van der Waals surface area contributed by atoms with E-state index in [2.05, 4.69) is 0 Å². The van der Waals surface area contributed by atoms with Gasteiger partial charge in [0.15, 0.2) is 5.75 Å². The average Bonchev–Trinajstić information content (AvgIpc) is 3.25. The number of ether oxygens (including phenoxy) is 1. The summed E-state index contributed by atoms with van der Waals surface area (Å²) in [5, 5.41) is 21.3. The summed E-state index contributed by atoms with van der Waals surface area (Å²) < 4.78 is 51.5. The summed E-state index contributed by atoms with van der Waals surface area (Å²) in [4.78, 5) is 36.1. The summed E-state index contributed by atoms with van der Waals surface area (Å²) in [6, 6.07) is 1.65. The Labute approximate surface area is 217 Å². The van der Waals surface area contributed by atoms with E-state index in [1.165, 1.54) is 0 Å². The van der Waals surface area contributed by atoms with Crippen LogP contribution in [0.4, 0.5) is 8.78 Å². The van der Waals surface area contributed by atoms with Gasteiger partial charge in [0.25, 0.3) is 5.56 Å². The first kappa shape index (κ1) is 28.8. The molecule has 3 atom stereocenters. The Bertz CT molecular complexity index is 1360. The summed E-state index contributed by atoms with van der Waals surface area (Å²) in [7, 11) is -4.48. The van der Waals surface area contributed by atoms with E-state index in [1.807, 2.05) is 41.5 Å². The van der Waals surface area contributed by atoms with Crippen molar-refractivity contribution in [2.45, 2.75) is 90.1 Å². The summed E-state index contributed by atoms with van der Waals surface area (Å²) >= 11 is 0. The number of nitrogens with zero attached hydrogens (tertiary/aromatic N) is 1. The summed E-state index contributed by atoms with van der Waals surface area (Å²) in [6.07, 6.45) is -2.14. The molecule has 3 heterocycles. The zero-order valence-corrected chi connectivity index (χ0v) is 22.8. The maximum absolute atomic E-state index is 15.5. The molecule has 2 aliphatic heterocycles. The third kappa shape index (κ3) is 5.42. The maximum Gasteiger partial charge on any atom is 0.625 e. The highest BCUT2D eigenvalue weighted by molar-refractivity contribution is 7.55. The van der Waals surface area contributed by atoms with E-state index >= 15 is 4.39 Å². The number of halogens is 2. The normalized spacial score (nSPS) is 24.3. The predicted molar refractivity (Wildman–Crippen MR) is 131 cm³/mol. The molecule has 1 saturated heterocycles. The predicted octanol–water partition coefficient (Wildman–Crippen LogP) is 3.02. The number of benzene rings is 1. The van der Waals surface area contributed by atoms with Gasteiger partial charge < -0.3 is 14.9 Å². The zero-order valence-electron chi connectivity index (χ0n) is 21.9. The Morgan fingerprint density at radius 1 is 1.08 bits per heavy atom. The molecule has 4 rings (SSSR count). The molecule has 0 amide bonds. The van der Waals surface area contributed by atoms with Gasteiger partial charge in [-0.05, 0) is 35.3 Å². The van der Waals surface area contributed by atoms with Gasteiger partial charge in [-0.2, -0.15) is 9.28 Å². The maximum atomic E-state index is 15.5. The lowest BCUT2D eigenvalue weighted by molar-refractivity contribution is -0.351. The molecule has 3 unspecified atom stereocenters. The summed E-state index contributed by atoms with van der Waals surface area (Å²) in [5.41, 5.74) is -2.22. The van der Waals surface area contributed by atoms with Crippen molar-refractivity contribution in [3.8, 4) is 5.75 Å². The van der Waals surface area contributed by atoms with Crippen molar-refractivity contribution in [2.75, 3.05) is 0 Å². The number of hydrogen-bond acceptors (Lipinski definition) is 9. The molecule has 0 spiro atoms. The highest BCUT2D eigenvalue weighted by atomic mass is 31.2. The van der Waals surface area contributed by atoms with Gasteiger partial charge in [0.1, 0.15) is 24.8 Å². The first-order valence-electron chi connectivity index (χ1n) is 12.0. The van der Waals surface area contributed by atoms with E-state index in [-0.39, 0.29) is 24.2 Å². The number of nitrogens with one attached hydrogen (secondary N) is 1. The minimum atomic E-state index is -4.48. The van der Waals surface area contributed by atoms with Crippen LogP contribution in [-0.4, -0.2) is 36.7 Å². The van der Waals surface area contributed by atoms with Gasteiger partial charge >= 0.3 is 19.8 Å². The molecule has 4 N–H and O–H groups in total. The second-order valence-corrected chi connectivity index (χ2v) is 13.0. The molecule has 210 valence electrons. The molecule has 1 aromatic heterocycles. The molecular formula is C24H32F2N2O9P+. The van der Waals surface area contributed by atoms with Gasteiger partial charge in [-0.15, -0.1) is 4.52 Å². The van der Waals surface area contributed by atoms with E-state index in [1.54, 1.807) is 11.1 Å². The second-order valence-electron chi connectivity index (χ2n) is 11.5. The van der Waals surface area contributed by atoms with Crippen LogP contribution in [-0.2, 0) is 31.2 Å². The average molecular weight is 561 g/mol. The molecule has 2 aromatic rings. The number of hydrogen-bond donors (Lipinski definition) is 4. The third-order valence-electron chi connectivity index (χ3n) is 6.40. The van der Waals surface area contributed by atoms with E-state index in [4.69, 9.17) is 18.3 Å². The van der Waals surface area contributed by atoms with Gasteiger partial charge in [0, 0.05) is 5.56 Å². The highest BCUT2D eigenvalue weighted by Gasteiger charge is 2.61. The van der Waals surface area contributed by atoms with Crippen LogP contribution < -0.4 is 15.8 Å². The fraction of sp³-hybridized carbons (Fsp3) is 0.583. The van der Waals surface area contributed by atoms with Gasteiger partial charge in [0.05, 0.1) is 11.8 Å². The fourth-order valence-electron chi connectivity index (χ4n) is 4.37. The molecule has 0 aliphatic carbocycles. The Morgan fingerprint density at radius 2 is 1.71 bits per heavy atom. The van der Waals surface area contributed by atoms with Gasteiger partial charge in [-0.1, -0.05) is 46.1 Å². The zero-order chi connectivity index (χ0) is 28.4. The number of fused-ring (bicyclic) bond motifs is 1. The molecular weight excluding hydrogens is 529 g/mol.